The number of ether oxygens (including phenoxy) is 1. The summed E-state index contributed by atoms with van der Waals surface area (Å²) in [6.07, 6.45) is 0. The third-order valence-electron chi connectivity index (χ3n) is 4.14. The summed E-state index contributed by atoms with van der Waals surface area (Å²) in [7, 11) is 0. The number of aryl methyl sites for hydroxylation is 1. The largest absolute Gasteiger partial charge is 0.482 e. The molecule has 0 atom stereocenters. The number of amides is 2. The van der Waals surface area contributed by atoms with Crippen LogP contribution in [-0.2, 0) is 4.79 Å². The summed E-state index contributed by atoms with van der Waals surface area (Å²) >= 11 is 1.02. The highest BCUT2D eigenvalue weighted by Crippen LogP contribution is 2.34. The number of aromatic nitrogens is 1. The van der Waals surface area contributed by atoms with Crippen LogP contribution in [0.5, 0.6) is 5.75 Å². The summed E-state index contributed by atoms with van der Waals surface area (Å²) < 4.78 is 46.5. The van der Waals surface area contributed by atoms with Crippen molar-refractivity contribution in [1.82, 2.24) is 4.98 Å². The van der Waals surface area contributed by atoms with E-state index in [1.54, 1.807) is 13.0 Å². The van der Waals surface area contributed by atoms with Crippen LogP contribution in [-0.4, -0.2) is 23.4 Å². The number of anilines is 2. The zero-order chi connectivity index (χ0) is 20.7. The number of benzene rings is 2. The monoisotopic (exact) mass is 419 g/mol. The van der Waals surface area contributed by atoms with Crippen LogP contribution in [0.2, 0.25) is 0 Å². The third kappa shape index (κ3) is 3.66. The van der Waals surface area contributed by atoms with E-state index in [0.717, 1.165) is 11.3 Å². The van der Waals surface area contributed by atoms with Crippen LogP contribution >= 0.6 is 11.3 Å². The number of fused-ring (bicyclic) bond motifs is 1. The average Bonchev–Trinajstić information content (AvgIpc) is 3.00. The molecule has 2 aromatic carbocycles. The van der Waals surface area contributed by atoms with Crippen molar-refractivity contribution in [3.8, 4) is 17.0 Å². The molecule has 0 spiro atoms. The number of halogens is 3. The molecule has 148 valence electrons. The van der Waals surface area contributed by atoms with Crippen LogP contribution in [0.25, 0.3) is 11.3 Å². The fourth-order valence-electron chi connectivity index (χ4n) is 2.84. The summed E-state index contributed by atoms with van der Waals surface area (Å²) in [5.74, 6) is -3.63. The van der Waals surface area contributed by atoms with Crippen molar-refractivity contribution < 1.29 is 27.5 Å². The van der Waals surface area contributed by atoms with Crippen LogP contribution in [0, 0.1) is 24.4 Å². The van der Waals surface area contributed by atoms with Gasteiger partial charge in [0, 0.05) is 22.6 Å². The molecule has 0 unspecified atom stereocenters. The van der Waals surface area contributed by atoms with Crippen LogP contribution in [0.4, 0.5) is 24.0 Å². The van der Waals surface area contributed by atoms with E-state index in [4.69, 9.17) is 4.74 Å². The Morgan fingerprint density at radius 1 is 1.21 bits per heavy atom. The Morgan fingerprint density at radius 2 is 1.93 bits per heavy atom. The molecule has 6 nitrogen and oxygen atoms in total. The number of nitrogens with one attached hydrogen (secondary N) is 2. The predicted octanol–water partition coefficient (Wildman–Crippen LogP) is 4.12. The molecule has 0 saturated carbocycles. The van der Waals surface area contributed by atoms with Crippen molar-refractivity contribution in [3.05, 3.63) is 58.2 Å². The van der Waals surface area contributed by atoms with Crippen LogP contribution in [0.3, 0.4) is 0 Å². The molecule has 0 saturated heterocycles. The minimum absolute atomic E-state index is 0.0218. The van der Waals surface area contributed by atoms with E-state index in [1.807, 2.05) is 0 Å². The molecule has 1 aromatic heterocycles. The Morgan fingerprint density at radius 3 is 2.66 bits per heavy atom. The number of rotatable bonds is 3. The van der Waals surface area contributed by atoms with E-state index in [-0.39, 0.29) is 28.9 Å². The Kier molecular flexibility index (Phi) is 4.71. The second kappa shape index (κ2) is 7.21. The molecule has 0 bridgehead atoms. The molecule has 3 aromatic rings. The second-order valence-electron chi connectivity index (χ2n) is 6.17. The first kappa shape index (κ1) is 18.9. The molecule has 1 aliphatic heterocycles. The van der Waals surface area contributed by atoms with Crippen LogP contribution in [0.15, 0.2) is 30.3 Å². The summed E-state index contributed by atoms with van der Waals surface area (Å²) in [4.78, 5) is 28.5. The van der Waals surface area contributed by atoms with Crippen LogP contribution < -0.4 is 15.4 Å². The van der Waals surface area contributed by atoms with E-state index in [1.165, 1.54) is 12.1 Å². The van der Waals surface area contributed by atoms with Gasteiger partial charge in [-0.25, -0.2) is 18.2 Å². The maximum Gasteiger partial charge on any atom is 0.262 e. The van der Waals surface area contributed by atoms with Gasteiger partial charge < -0.3 is 10.1 Å². The fraction of sp³-hybridized carbons (Fsp3) is 0.105. The Hall–Kier alpha value is -3.40. The van der Waals surface area contributed by atoms with Crippen molar-refractivity contribution in [1.29, 1.82) is 0 Å². The first-order valence-corrected chi connectivity index (χ1v) is 9.14. The molecule has 2 N–H and O–H groups in total. The normalized spacial score (nSPS) is 12.8. The van der Waals surface area contributed by atoms with E-state index in [9.17, 15) is 22.8 Å². The van der Waals surface area contributed by atoms with E-state index in [2.05, 4.69) is 15.6 Å². The predicted molar refractivity (Wildman–Crippen MR) is 101 cm³/mol. The zero-order valence-corrected chi connectivity index (χ0v) is 15.6. The fourth-order valence-corrected chi connectivity index (χ4v) is 3.66. The highest BCUT2D eigenvalue weighted by molar-refractivity contribution is 7.16. The standard InChI is InChI=1S/C19H12F3N3O3S/c1-8-17(16-11(21)5-10(20)6-12(16)22)24-19(29-8)25-18(27)9-2-3-14-13(4-9)23-15(26)7-28-14/h2-6H,7H2,1H3,(H,23,26)(H,24,25,27). The highest BCUT2D eigenvalue weighted by atomic mass is 32.1. The molecular formula is C19H12F3N3O3S. The molecule has 2 heterocycles. The molecule has 1 aliphatic rings. The minimum Gasteiger partial charge on any atom is -0.482 e. The van der Waals surface area contributed by atoms with Gasteiger partial charge in [-0.05, 0) is 25.1 Å². The molecule has 4 rings (SSSR count). The average molecular weight is 419 g/mol. The first-order chi connectivity index (χ1) is 13.8. The lowest BCUT2D eigenvalue weighted by Gasteiger charge is -2.18. The quantitative estimate of drug-likeness (QED) is 0.669. The summed E-state index contributed by atoms with van der Waals surface area (Å²) in [6, 6.07) is 5.64. The van der Waals surface area contributed by atoms with Gasteiger partial charge in [-0.1, -0.05) is 0 Å². The molecule has 0 fully saturated rings. The van der Waals surface area contributed by atoms with Gasteiger partial charge in [0.1, 0.15) is 23.2 Å². The smallest absolute Gasteiger partial charge is 0.262 e. The van der Waals surface area contributed by atoms with Crippen molar-refractivity contribution in [2.24, 2.45) is 0 Å². The third-order valence-corrected chi connectivity index (χ3v) is 5.02. The first-order valence-electron chi connectivity index (χ1n) is 8.32. The lowest BCUT2D eigenvalue weighted by Crippen LogP contribution is -2.25. The number of carbonyl (C=O) groups excluding carboxylic acids is 2. The van der Waals surface area contributed by atoms with Gasteiger partial charge in [-0.15, -0.1) is 11.3 Å². The van der Waals surface area contributed by atoms with Crippen molar-refractivity contribution in [2.75, 3.05) is 17.2 Å². The van der Waals surface area contributed by atoms with Gasteiger partial charge >= 0.3 is 0 Å². The molecular weight excluding hydrogens is 407 g/mol. The van der Waals surface area contributed by atoms with Gasteiger partial charge in [0.25, 0.3) is 11.8 Å². The van der Waals surface area contributed by atoms with E-state index in [0.29, 0.717) is 28.4 Å². The molecule has 29 heavy (non-hydrogen) atoms. The number of hydrogen-bond acceptors (Lipinski definition) is 5. The van der Waals surface area contributed by atoms with E-state index < -0.39 is 28.9 Å². The van der Waals surface area contributed by atoms with Gasteiger partial charge in [0.15, 0.2) is 11.7 Å². The van der Waals surface area contributed by atoms with Gasteiger partial charge in [0.05, 0.1) is 16.9 Å². The van der Waals surface area contributed by atoms with Gasteiger partial charge in [-0.3, -0.25) is 14.9 Å². The number of nitrogens with zero attached hydrogens (tertiary/aromatic N) is 1. The zero-order valence-electron chi connectivity index (χ0n) is 14.8. The number of carbonyl (C=O) groups is 2. The molecule has 0 radical (unpaired) electrons. The van der Waals surface area contributed by atoms with Crippen molar-refractivity contribution >= 4 is 34.0 Å². The lowest BCUT2D eigenvalue weighted by molar-refractivity contribution is -0.118. The maximum absolute atomic E-state index is 14.1. The Labute approximate surface area is 166 Å². The molecule has 10 heteroatoms. The summed E-state index contributed by atoms with van der Waals surface area (Å²) in [5, 5.41) is 5.27. The summed E-state index contributed by atoms with van der Waals surface area (Å²) in [6.45, 7) is 1.48. The van der Waals surface area contributed by atoms with Gasteiger partial charge in [0.2, 0.25) is 0 Å². The number of hydrogen-bond donors (Lipinski definition) is 2. The topological polar surface area (TPSA) is 80.3 Å². The maximum atomic E-state index is 14.1. The Bertz CT molecular complexity index is 1140. The second-order valence-corrected chi connectivity index (χ2v) is 7.37. The minimum atomic E-state index is -1.08. The van der Waals surface area contributed by atoms with Crippen molar-refractivity contribution in [2.45, 2.75) is 6.92 Å². The Balaban J connectivity index is 1.60. The number of thiazole rings is 1. The molecule has 0 aliphatic carbocycles. The van der Waals surface area contributed by atoms with Crippen LogP contribution in [0.1, 0.15) is 15.2 Å². The van der Waals surface area contributed by atoms with Gasteiger partial charge in [-0.2, -0.15) is 0 Å². The van der Waals surface area contributed by atoms with Crippen molar-refractivity contribution in [3.63, 3.8) is 0 Å². The highest BCUT2D eigenvalue weighted by Gasteiger charge is 2.21. The lowest BCUT2D eigenvalue weighted by atomic mass is 10.1. The summed E-state index contributed by atoms with van der Waals surface area (Å²) in [5.41, 5.74) is 0.101. The van der Waals surface area contributed by atoms with E-state index >= 15 is 0 Å². The SMILES string of the molecule is Cc1sc(NC(=O)c2ccc3c(c2)NC(=O)CO3)nc1-c1c(F)cc(F)cc1F. The molecule has 2 amide bonds.